The molecule has 4 aliphatic rings. The van der Waals surface area contributed by atoms with Crippen LogP contribution in [-0.4, -0.2) is 54.8 Å². The minimum absolute atomic E-state index is 0.0162. The maximum Gasteiger partial charge on any atom is 0.264 e. The first-order chi connectivity index (χ1) is 13.8. The van der Waals surface area contributed by atoms with E-state index in [1.54, 1.807) is 12.2 Å². The first kappa shape index (κ1) is 21.9. The average Bonchev–Trinajstić information content (AvgIpc) is 2.91. The Labute approximate surface area is 177 Å². The van der Waals surface area contributed by atoms with Gasteiger partial charge in [-0.15, -0.1) is 0 Å². The smallest absolute Gasteiger partial charge is 0.264 e. The molecule has 7 atom stereocenters. The summed E-state index contributed by atoms with van der Waals surface area (Å²) in [5.41, 5.74) is -1.97. The quantitative estimate of drug-likeness (QED) is 0.639. The van der Waals surface area contributed by atoms with Crippen LogP contribution in [0.25, 0.3) is 0 Å². The van der Waals surface area contributed by atoms with Crippen molar-refractivity contribution in [3.8, 4) is 0 Å². The number of ketones is 2. The maximum absolute atomic E-state index is 12.9. The molecular formula is C22H30O7S. The lowest BCUT2D eigenvalue weighted by molar-refractivity contribution is -0.177. The molecule has 0 saturated heterocycles. The Bertz CT molecular complexity index is 951. The third-order valence-electron chi connectivity index (χ3n) is 8.51. The van der Waals surface area contributed by atoms with Gasteiger partial charge >= 0.3 is 0 Å². The first-order valence-corrected chi connectivity index (χ1v) is 12.4. The van der Waals surface area contributed by atoms with Crippen LogP contribution in [0.15, 0.2) is 23.8 Å². The van der Waals surface area contributed by atoms with Crippen molar-refractivity contribution in [2.45, 2.75) is 57.7 Å². The summed E-state index contributed by atoms with van der Waals surface area (Å²) in [6.07, 6.45) is 7.92. The lowest BCUT2D eigenvalue weighted by Gasteiger charge is -2.59. The van der Waals surface area contributed by atoms with Crippen molar-refractivity contribution in [1.29, 1.82) is 0 Å². The van der Waals surface area contributed by atoms with Crippen LogP contribution < -0.4 is 0 Å². The Morgan fingerprint density at radius 1 is 1.30 bits per heavy atom. The molecule has 4 rings (SSSR count). The van der Waals surface area contributed by atoms with Crippen LogP contribution in [0.3, 0.4) is 0 Å². The van der Waals surface area contributed by atoms with Gasteiger partial charge in [-0.1, -0.05) is 25.5 Å². The van der Waals surface area contributed by atoms with Crippen molar-refractivity contribution in [2.24, 2.45) is 28.6 Å². The number of fused-ring (bicyclic) bond motifs is 5. The van der Waals surface area contributed by atoms with E-state index in [1.807, 2.05) is 13.0 Å². The summed E-state index contributed by atoms with van der Waals surface area (Å²) in [7, 11) is -3.80. The molecule has 8 heteroatoms. The Morgan fingerprint density at radius 2 is 2.00 bits per heavy atom. The molecule has 0 bridgehead atoms. The van der Waals surface area contributed by atoms with E-state index in [0.29, 0.717) is 6.42 Å². The average molecular weight is 439 g/mol. The molecule has 0 aromatic heterocycles. The fraction of sp³-hybridized carbons (Fsp3) is 0.727. The van der Waals surface area contributed by atoms with Gasteiger partial charge in [-0.2, -0.15) is 8.42 Å². The zero-order valence-electron chi connectivity index (χ0n) is 17.6. The van der Waals surface area contributed by atoms with Crippen LogP contribution in [-0.2, 0) is 23.9 Å². The Morgan fingerprint density at radius 3 is 2.67 bits per heavy atom. The minimum Gasteiger partial charge on any atom is -0.393 e. The minimum atomic E-state index is -3.80. The van der Waals surface area contributed by atoms with Gasteiger partial charge in [0.2, 0.25) is 0 Å². The van der Waals surface area contributed by atoms with Gasteiger partial charge in [0.05, 0.1) is 12.4 Å². The standard InChI is InChI=1S/C22H30O7S/c1-20-8-6-14(23)10-13(20)4-5-15-16-7-9-22(26,18(25)12-29-30(3,27)28)21(16,2)11-17(24)19(15)20/h6,8,10,15-17,19,24,26H,4-5,7,9,11-12H2,1-3H3/t15-,16-,17-,19+,20-,21-,22-/m0/s1. The summed E-state index contributed by atoms with van der Waals surface area (Å²) in [6, 6.07) is 0. The first-order valence-electron chi connectivity index (χ1n) is 10.5. The fourth-order valence-corrected chi connectivity index (χ4v) is 7.39. The van der Waals surface area contributed by atoms with E-state index in [9.17, 15) is 28.2 Å². The highest BCUT2D eigenvalue weighted by atomic mass is 32.2. The number of carbonyl (C=O) groups excluding carboxylic acids is 2. The van der Waals surface area contributed by atoms with Gasteiger partial charge in [-0.3, -0.25) is 13.8 Å². The number of Topliss-reactive ketones (excluding diaryl/α,β-unsaturated/α-hetero) is 1. The molecule has 0 spiro atoms. The van der Waals surface area contributed by atoms with Crippen LogP contribution in [0.1, 0.15) is 46.0 Å². The summed E-state index contributed by atoms with van der Waals surface area (Å²) in [6.45, 7) is 3.21. The second-order valence-electron chi connectivity index (χ2n) is 10.0. The molecule has 0 unspecified atom stereocenters. The summed E-state index contributed by atoms with van der Waals surface area (Å²) in [4.78, 5) is 24.8. The van der Waals surface area contributed by atoms with Crippen molar-refractivity contribution in [3.05, 3.63) is 23.8 Å². The largest absolute Gasteiger partial charge is 0.393 e. The zero-order chi connectivity index (χ0) is 22.1. The molecule has 0 heterocycles. The van der Waals surface area contributed by atoms with Gasteiger partial charge in [0, 0.05) is 16.7 Å². The molecule has 0 radical (unpaired) electrons. The van der Waals surface area contributed by atoms with Crippen molar-refractivity contribution in [3.63, 3.8) is 0 Å². The number of carbonyl (C=O) groups is 2. The molecule has 3 fully saturated rings. The number of rotatable bonds is 4. The fourth-order valence-electron chi connectivity index (χ4n) is 7.07. The third kappa shape index (κ3) is 3.06. The molecule has 30 heavy (non-hydrogen) atoms. The predicted octanol–water partition coefficient (Wildman–Crippen LogP) is 1.54. The van der Waals surface area contributed by atoms with Crippen LogP contribution in [0.5, 0.6) is 0 Å². The van der Waals surface area contributed by atoms with Gasteiger partial charge in [-0.05, 0) is 56.1 Å². The van der Waals surface area contributed by atoms with Gasteiger partial charge in [0.25, 0.3) is 10.1 Å². The van der Waals surface area contributed by atoms with Crippen LogP contribution in [0, 0.1) is 28.6 Å². The molecule has 3 saturated carbocycles. The molecule has 7 nitrogen and oxygen atoms in total. The van der Waals surface area contributed by atoms with Crippen molar-refractivity contribution >= 4 is 21.7 Å². The predicted molar refractivity (Wildman–Crippen MR) is 109 cm³/mol. The van der Waals surface area contributed by atoms with Crippen molar-refractivity contribution in [1.82, 2.24) is 0 Å². The van der Waals surface area contributed by atoms with Crippen LogP contribution in [0.4, 0.5) is 0 Å². The van der Waals surface area contributed by atoms with Gasteiger partial charge in [-0.25, -0.2) is 0 Å². The highest BCUT2D eigenvalue weighted by Crippen LogP contribution is 2.67. The number of aliphatic hydroxyl groups is 2. The molecule has 0 amide bonds. The topological polar surface area (TPSA) is 118 Å². The summed E-state index contributed by atoms with van der Waals surface area (Å²) < 4.78 is 27.3. The van der Waals surface area contributed by atoms with Gasteiger partial charge < -0.3 is 10.2 Å². The zero-order valence-corrected chi connectivity index (χ0v) is 18.4. The van der Waals surface area contributed by atoms with Crippen molar-refractivity contribution in [2.75, 3.05) is 12.9 Å². The van der Waals surface area contributed by atoms with Gasteiger partial charge in [0.15, 0.2) is 11.6 Å². The van der Waals surface area contributed by atoms with E-state index in [1.165, 1.54) is 0 Å². The number of allylic oxidation sites excluding steroid dienone is 4. The molecule has 0 aromatic carbocycles. The lowest BCUT2D eigenvalue weighted by atomic mass is 9.46. The summed E-state index contributed by atoms with van der Waals surface area (Å²) in [5, 5.41) is 22.7. The Balaban J connectivity index is 1.66. The molecule has 4 aliphatic carbocycles. The van der Waals surface area contributed by atoms with E-state index >= 15 is 0 Å². The highest BCUT2D eigenvalue weighted by molar-refractivity contribution is 7.86. The second-order valence-corrected chi connectivity index (χ2v) is 11.6. The third-order valence-corrected chi connectivity index (χ3v) is 9.06. The Kier molecular flexibility index (Phi) is 4.97. The van der Waals surface area contributed by atoms with Crippen LogP contribution >= 0.6 is 0 Å². The monoisotopic (exact) mass is 438 g/mol. The maximum atomic E-state index is 12.9. The van der Waals surface area contributed by atoms with E-state index in [2.05, 4.69) is 11.1 Å². The second kappa shape index (κ2) is 6.82. The van der Waals surface area contributed by atoms with E-state index in [0.717, 1.165) is 24.7 Å². The molecule has 2 N–H and O–H groups in total. The Hall–Kier alpha value is -1.35. The van der Waals surface area contributed by atoms with E-state index in [-0.39, 0.29) is 36.4 Å². The van der Waals surface area contributed by atoms with Crippen molar-refractivity contribution < 1.29 is 32.4 Å². The summed E-state index contributed by atoms with van der Waals surface area (Å²) in [5.74, 6) is -0.652. The van der Waals surface area contributed by atoms with Crippen LogP contribution in [0.2, 0.25) is 0 Å². The molecule has 0 aliphatic heterocycles. The number of hydrogen-bond donors (Lipinski definition) is 2. The summed E-state index contributed by atoms with van der Waals surface area (Å²) >= 11 is 0. The normalized spacial score (nSPS) is 45.4. The molecule has 0 aromatic rings. The highest BCUT2D eigenvalue weighted by Gasteiger charge is 2.68. The molecule has 166 valence electrons. The SMILES string of the molecule is C[C@]12C=CC(=O)C=C1CC[C@@H]1[C@@H]2[C@@H](O)C[C@@]2(C)[C@H]1CC[C@]2(O)C(=O)COS(C)(=O)=O. The van der Waals surface area contributed by atoms with E-state index < -0.39 is 45.0 Å². The number of aliphatic hydroxyl groups excluding tert-OH is 1. The lowest BCUT2D eigenvalue weighted by Crippen LogP contribution is -2.61. The number of hydrogen-bond acceptors (Lipinski definition) is 7. The molecular weight excluding hydrogens is 408 g/mol. The van der Waals surface area contributed by atoms with Gasteiger partial charge in [0.1, 0.15) is 12.2 Å². The van der Waals surface area contributed by atoms with E-state index in [4.69, 9.17) is 0 Å².